The maximum absolute atomic E-state index is 13.0. The van der Waals surface area contributed by atoms with Gasteiger partial charge in [-0.15, -0.1) is 0 Å². The molecule has 0 radical (unpaired) electrons. The van der Waals surface area contributed by atoms with E-state index in [2.05, 4.69) is 5.16 Å². The van der Waals surface area contributed by atoms with Gasteiger partial charge in [-0.2, -0.15) is 0 Å². The molecule has 2 aromatic carbocycles. The van der Waals surface area contributed by atoms with Crippen molar-refractivity contribution in [2.75, 3.05) is 0 Å². The zero-order valence-corrected chi connectivity index (χ0v) is 12.9. The highest BCUT2D eigenvalue weighted by atomic mass is 32.2. The highest BCUT2D eigenvalue weighted by Gasteiger charge is 2.29. The van der Waals surface area contributed by atoms with E-state index in [1.165, 1.54) is 0 Å². The average Bonchev–Trinajstić information content (AvgIpc) is 3.01. The molecule has 0 fully saturated rings. The van der Waals surface area contributed by atoms with Gasteiger partial charge < -0.3 is 4.52 Å². The Balaban J connectivity index is 2.25. The molecule has 0 aliphatic heterocycles. The van der Waals surface area contributed by atoms with Crippen molar-refractivity contribution in [3.8, 4) is 11.3 Å². The van der Waals surface area contributed by atoms with Crippen LogP contribution in [0.3, 0.4) is 0 Å². The third kappa shape index (κ3) is 2.44. The molecule has 0 saturated heterocycles. The molecule has 3 aromatic rings. The van der Waals surface area contributed by atoms with Gasteiger partial charge in [-0.1, -0.05) is 60.6 Å². The van der Waals surface area contributed by atoms with Crippen LogP contribution in [0.25, 0.3) is 11.3 Å². The van der Waals surface area contributed by atoms with E-state index in [0.717, 1.165) is 5.56 Å². The minimum absolute atomic E-state index is 0.160. The van der Waals surface area contributed by atoms with Crippen molar-refractivity contribution in [2.45, 2.75) is 23.1 Å². The second kappa shape index (κ2) is 5.77. The Kier molecular flexibility index (Phi) is 3.81. The van der Waals surface area contributed by atoms with Gasteiger partial charge in [0.25, 0.3) is 0 Å². The molecule has 0 spiro atoms. The lowest BCUT2D eigenvalue weighted by molar-refractivity contribution is 0.384. The Hall–Kier alpha value is -2.40. The third-order valence-electron chi connectivity index (χ3n) is 3.41. The summed E-state index contributed by atoms with van der Waals surface area (Å²) in [5.74, 6) is 0.378. The summed E-state index contributed by atoms with van der Waals surface area (Å²) in [5.41, 5.74) is 1.08. The van der Waals surface area contributed by atoms with Crippen molar-refractivity contribution in [1.82, 2.24) is 5.16 Å². The average molecular weight is 313 g/mol. The molecule has 0 amide bonds. The summed E-state index contributed by atoms with van der Waals surface area (Å²) in [4.78, 5) is 0.400. The smallest absolute Gasteiger partial charge is 0.212 e. The van der Waals surface area contributed by atoms with Crippen molar-refractivity contribution in [3.63, 3.8) is 0 Å². The van der Waals surface area contributed by atoms with Gasteiger partial charge in [-0.05, 0) is 12.1 Å². The number of sulfone groups is 1. The van der Waals surface area contributed by atoms with Crippen LogP contribution in [0.2, 0.25) is 0 Å². The summed E-state index contributed by atoms with van der Waals surface area (Å²) < 4.78 is 31.2. The lowest BCUT2D eigenvalue weighted by atomic mass is 10.1. The maximum atomic E-state index is 13.0. The third-order valence-corrected chi connectivity index (χ3v) is 5.26. The van der Waals surface area contributed by atoms with E-state index in [1.54, 1.807) is 30.3 Å². The molecule has 22 heavy (non-hydrogen) atoms. The number of aromatic nitrogens is 1. The Bertz CT molecular complexity index is 869. The van der Waals surface area contributed by atoms with Crippen LogP contribution >= 0.6 is 0 Å². The number of rotatable bonds is 4. The standard InChI is InChI=1S/C17H15NO3S/c1-2-15-17(22(19,20)14-11-7-4-8-12-14)16(18-21-15)13-9-5-3-6-10-13/h3-12H,2H2,1H3. The Morgan fingerprint density at radius 2 is 1.55 bits per heavy atom. The Morgan fingerprint density at radius 3 is 2.14 bits per heavy atom. The maximum Gasteiger partial charge on any atom is 0.212 e. The van der Waals surface area contributed by atoms with Gasteiger partial charge in [0.1, 0.15) is 10.6 Å². The van der Waals surface area contributed by atoms with Crippen LogP contribution < -0.4 is 0 Å². The van der Waals surface area contributed by atoms with Crippen LogP contribution in [0.5, 0.6) is 0 Å². The number of hydrogen-bond acceptors (Lipinski definition) is 4. The quantitative estimate of drug-likeness (QED) is 0.736. The van der Waals surface area contributed by atoms with E-state index in [4.69, 9.17) is 4.52 Å². The van der Waals surface area contributed by atoms with E-state index in [1.807, 2.05) is 37.3 Å². The van der Waals surface area contributed by atoms with Crippen LogP contribution in [-0.2, 0) is 16.3 Å². The summed E-state index contributed by atoms with van der Waals surface area (Å²) in [6.45, 7) is 1.85. The molecule has 3 rings (SSSR count). The number of nitrogens with zero attached hydrogens (tertiary/aromatic N) is 1. The minimum atomic E-state index is -3.67. The van der Waals surface area contributed by atoms with Crippen molar-refractivity contribution in [2.24, 2.45) is 0 Å². The topological polar surface area (TPSA) is 60.2 Å². The zero-order chi connectivity index (χ0) is 15.6. The molecule has 0 saturated carbocycles. The second-order valence-corrected chi connectivity index (χ2v) is 6.71. The molecule has 5 heteroatoms. The van der Waals surface area contributed by atoms with Crippen molar-refractivity contribution in [3.05, 3.63) is 66.4 Å². The molecule has 0 N–H and O–H groups in total. The van der Waals surface area contributed by atoms with Crippen LogP contribution in [0.4, 0.5) is 0 Å². The Labute approximate surface area is 129 Å². The molecular formula is C17H15NO3S. The monoisotopic (exact) mass is 313 g/mol. The molecule has 0 aliphatic carbocycles. The minimum Gasteiger partial charge on any atom is -0.359 e. The predicted molar refractivity (Wildman–Crippen MR) is 83.2 cm³/mol. The first kappa shape index (κ1) is 14.5. The molecule has 0 atom stereocenters. The molecule has 4 nitrogen and oxygen atoms in total. The second-order valence-electron chi connectivity index (χ2n) is 4.82. The van der Waals surface area contributed by atoms with E-state index < -0.39 is 9.84 Å². The zero-order valence-electron chi connectivity index (χ0n) is 12.1. The molecule has 0 unspecified atom stereocenters. The highest BCUT2D eigenvalue weighted by molar-refractivity contribution is 7.91. The van der Waals surface area contributed by atoms with Crippen LogP contribution in [0.1, 0.15) is 12.7 Å². The summed E-state index contributed by atoms with van der Waals surface area (Å²) in [6, 6.07) is 17.5. The van der Waals surface area contributed by atoms with Gasteiger partial charge in [-0.3, -0.25) is 0 Å². The SMILES string of the molecule is CCc1onc(-c2ccccc2)c1S(=O)(=O)c1ccccc1. The summed E-state index contributed by atoms with van der Waals surface area (Å²) in [5, 5.41) is 3.99. The van der Waals surface area contributed by atoms with Gasteiger partial charge in [0.15, 0.2) is 5.76 Å². The van der Waals surface area contributed by atoms with Gasteiger partial charge in [0.05, 0.1) is 4.90 Å². The van der Waals surface area contributed by atoms with Crippen molar-refractivity contribution < 1.29 is 12.9 Å². The molecule has 1 heterocycles. The van der Waals surface area contributed by atoms with Crippen molar-refractivity contribution >= 4 is 9.84 Å². The van der Waals surface area contributed by atoms with Crippen LogP contribution in [-0.4, -0.2) is 13.6 Å². The summed E-state index contributed by atoms with van der Waals surface area (Å²) in [6.07, 6.45) is 0.460. The highest BCUT2D eigenvalue weighted by Crippen LogP contribution is 2.33. The van der Waals surface area contributed by atoms with Crippen molar-refractivity contribution in [1.29, 1.82) is 0 Å². The van der Waals surface area contributed by atoms with Gasteiger partial charge in [-0.25, -0.2) is 8.42 Å². The molecule has 112 valence electrons. The number of hydrogen-bond donors (Lipinski definition) is 0. The van der Waals surface area contributed by atoms with E-state index in [-0.39, 0.29) is 9.79 Å². The predicted octanol–water partition coefficient (Wildman–Crippen LogP) is 3.74. The summed E-state index contributed by atoms with van der Waals surface area (Å²) >= 11 is 0. The van der Waals surface area contributed by atoms with Crippen LogP contribution in [0, 0.1) is 0 Å². The fraction of sp³-hybridized carbons (Fsp3) is 0.118. The van der Waals surface area contributed by atoms with Gasteiger partial charge in [0.2, 0.25) is 9.84 Å². The van der Waals surface area contributed by atoms with E-state index >= 15 is 0 Å². The first-order chi connectivity index (χ1) is 10.6. The largest absolute Gasteiger partial charge is 0.359 e. The van der Waals surface area contributed by atoms with Crippen LogP contribution in [0.15, 0.2) is 75.0 Å². The van der Waals surface area contributed by atoms with Gasteiger partial charge >= 0.3 is 0 Å². The lowest BCUT2D eigenvalue weighted by Gasteiger charge is -2.06. The van der Waals surface area contributed by atoms with E-state index in [0.29, 0.717) is 17.9 Å². The molecular weight excluding hydrogens is 298 g/mol. The molecule has 1 aromatic heterocycles. The lowest BCUT2D eigenvalue weighted by Crippen LogP contribution is -2.05. The van der Waals surface area contributed by atoms with E-state index in [9.17, 15) is 8.42 Å². The normalized spacial score (nSPS) is 11.5. The molecule has 0 bridgehead atoms. The number of benzene rings is 2. The fourth-order valence-corrected chi connectivity index (χ4v) is 3.96. The Morgan fingerprint density at radius 1 is 0.955 bits per heavy atom. The summed E-state index contributed by atoms with van der Waals surface area (Å²) in [7, 11) is -3.67. The first-order valence-corrected chi connectivity index (χ1v) is 8.47. The molecule has 0 aliphatic rings. The fourth-order valence-electron chi connectivity index (χ4n) is 2.32. The van der Waals surface area contributed by atoms with Gasteiger partial charge in [0, 0.05) is 12.0 Å². The first-order valence-electron chi connectivity index (χ1n) is 6.98. The number of aryl methyl sites for hydroxylation is 1.